The molecular formula is C18H18N2O. The fraction of sp³-hybridized carbons (Fsp3) is 0.278. The molecule has 0 aliphatic heterocycles. The summed E-state index contributed by atoms with van der Waals surface area (Å²) in [4.78, 5) is 0. The quantitative estimate of drug-likeness (QED) is 0.881. The summed E-state index contributed by atoms with van der Waals surface area (Å²) in [5.74, 6) is 0.910. The van der Waals surface area contributed by atoms with Crippen molar-refractivity contribution < 1.29 is 4.74 Å². The molecule has 0 heterocycles. The summed E-state index contributed by atoms with van der Waals surface area (Å²) in [6.07, 6.45) is 2.56. The van der Waals surface area contributed by atoms with Crippen molar-refractivity contribution in [2.75, 3.05) is 0 Å². The zero-order valence-corrected chi connectivity index (χ0v) is 11.9. The highest BCUT2D eigenvalue weighted by Crippen LogP contribution is 2.23. The third kappa shape index (κ3) is 3.84. The van der Waals surface area contributed by atoms with E-state index in [4.69, 9.17) is 10.00 Å². The third-order valence-electron chi connectivity index (χ3n) is 3.58. The van der Waals surface area contributed by atoms with Crippen LogP contribution in [0.3, 0.4) is 0 Å². The lowest BCUT2D eigenvalue weighted by Gasteiger charge is -2.12. The number of hydrogen-bond donors (Lipinski definition) is 1. The van der Waals surface area contributed by atoms with Gasteiger partial charge < -0.3 is 10.1 Å². The summed E-state index contributed by atoms with van der Waals surface area (Å²) in [5, 5.41) is 12.4. The minimum Gasteiger partial charge on any atom is -0.489 e. The van der Waals surface area contributed by atoms with Gasteiger partial charge in [-0.15, -0.1) is 0 Å². The zero-order valence-electron chi connectivity index (χ0n) is 11.9. The van der Waals surface area contributed by atoms with Crippen molar-refractivity contribution in [1.29, 1.82) is 5.26 Å². The van der Waals surface area contributed by atoms with Gasteiger partial charge in [0.15, 0.2) is 0 Å². The van der Waals surface area contributed by atoms with Gasteiger partial charge in [-0.1, -0.05) is 30.3 Å². The van der Waals surface area contributed by atoms with Crippen LogP contribution in [0.2, 0.25) is 0 Å². The van der Waals surface area contributed by atoms with Crippen molar-refractivity contribution in [3.63, 3.8) is 0 Å². The molecule has 1 fully saturated rings. The van der Waals surface area contributed by atoms with Gasteiger partial charge in [0, 0.05) is 18.2 Å². The van der Waals surface area contributed by atoms with Crippen LogP contribution in [0.15, 0.2) is 48.5 Å². The number of nitriles is 1. The number of ether oxygens (including phenoxy) is 1. The van der Waals surface area contributed by atoms with Gasteiger partial charge >= 0.3 is 0 Å². The average Bonchev–Trinajstić information content (AvgIpc) is 3.36. The largest absolute Gasteiger partial charge is 0.489 e. The van der Waals surface area contributed by atoms with Gasteiger partial charge in [0.25, 0.3) is 0 Å². The lowest BCUT2D eigenvalue weighted by atomic mass is 10.1. The standard InChI is InChI=1S/C18H18N2O/c19-11-14-4-3-5-15(10-14)13-21-18-7-2-1-6-16(18)12-20-17-8-9-17/h1-7,10,17,20H,8-9,12-13H2. The van der Waals surface area contributed by atoms with E-state index >= 15 is 0 Å². The van der Waals surface area contributed by atoms with Crippen LogP contribution < -0.4 is 10.1 Å². The Hall–Kier alpha value is -2.31. The van der Waals surface area contributed by atoms with E-state index in [1.54, 1.807) is 6.07 Å². The number of rotatable bonds is 6. The first-order valence-corrected chi connectivity index (χ1v) is 7.28. The molecular weight excluding hydrogens is 260 g/mol. The highest BCUT2D eigenvalue weighted by Gasteiger charge is 2.20. The molecule has 1 aliphatic rings. The summed E-state index contributed by atoms with van der Waals surface area (Å²) in [6.45, 7) is 1.33. The minimum atomic E-state index is 0.482. The number of nitrogens with zero attached hydrogens (tertiary/aromatic N) is 1. The van der Waals surface area contributed by atoms with E-state index in [0.717, 1.165) is 17.9 Å². The van der Waals surface area contributed by atoms with E-state index < -0.39 is 0 Å². The van der Waals surface area contributed by atoms with Crippen LogP contribution in [0.4, 0.5) is 0 Å². The molecule has 2 aromatic carbocycles. The molecule has 0 saturated heterocycles. The molecule has 21 heavy (non-hydrogen) atoms. The lowest BCUT2D eigenvalue weighted by molar-refractivity contribution is 0.302. The van der Waals surface area contributed by atoms with Gasteiger partial charge in [-0.05, 0) is 36.6 Å². The molecule has 0 amide bonds. The topological polar surface area (TPSA) is 45.0 Å². The second kappa shape index (κ2) is 6.43. The smallest absolute Gasteiger partial charge is 0.124 e. The molecule has 0 atom stereocenters. The molecule has 0 unspecified atom stereocenters. The van der Waals surface area contributed by atoms with E-state index in [1.165, 1.54) is 18.4 Å². The van der Waals surface area contributed by atoms with Crippen molar-refractivity contribution in [3.05, 3.63) is 65.2 Å². The number of para-hydroxylation sites is 1. The predicted octanol–water partition coefficient (Wildman–Crippen LogP) is 3.39. The zero-order chi connectivity index (χ0) is 14.5. The highest BCUT2D eigenvalue weighted by atomic mass is 16.5. The molecule has 0 bridgehead atoms. The van der Waals surface area contributed by atoms with E-state index in [1.807, 2.05) is 36.4 Å². The van der Waals surface area contributed by atoms with Crippen molar-refractivity contribution >= 4 is 0 Å². The monoisotopic (exact) mass is 278 g/mol. The maximum atomic E-state index is 8.92. The highest BCUT2D eigenvalue weighted by molar-refractivity contribution is 5.35. The lowest BCUT2D eigenvalue weighted by Crippen LogP contribution is -2.16. The summed E-state index contributed by atoms with van der Waals surface area (Å²) in [6, 6.07) is 18.5. The SMILES string of the molecule is N#Cc1cccc(COc2ccccc2CNC2CC2)c1. The Labute approximate surface area is 125 Å². The molecule has 3 nitrogen and oxygen atoms in total. The normalized spacial score (nSPS) is 13.7. The summed E-state index contributed by atoms with van der Waals surface area (Å²) in [7, 11) is 0. The van der Waals surface area contributed by atoms with E-state index in [2.05, 4.69) is 17.5 Å². The Morgan fingerprint density at radius 3 is 2.81 bits per heavy atom. The fourth-order valence-corrected chi connectivity index (χ4v) is 2.22. The van der Waals surface area contributed by atoms with Crippen LogP contribution in [0, 0.1) is 11.3 Å². The summed E-state index contributed by atoms with van der Waals surface area (Å²) < 4.78 is 5.93. The summed E-state index contributed by atoms with van der Waals surface area (Å²) >= 11 is 0. The molecule has 1 saturated carbocycles. The van der Waals surface area contributed by atoms with Gasteiger partial charge in [0.2, 0.25) is 0 Å². The first kappa shape index (κ1) is 13.7. The van der Waals surface area contributed by atoms with Gasteiger partial charge in [0.1, 0.15) is 12.4 Å². The Bertz CT molecular complexity index is 656. The van der Waals surface area contributed by atoms with Crippen molar-refractivity contribution in [3.8, 4) is 11.8 Å². The first-order chi connectivity index (χ1) is 10.3. The predicted molar refractivity (Wildman–Crippen MR) is 81.8 cm³/mol. The van der Waals surface area contributed by atoms with E-state index in [-0.39, 0.29) is 0 Å². The fourth-order valence-electron chi connectivity index (χ4n) is 2.22. The van der Waals surface area contributed by atoms with E-state index in [9.17, 15) is 0 Å². The Balaban J connectivity index is 1.65. The molecule has 0 aromatic heterocycles. The number of nitrogens with one attached hydrogen (secondary N) is 1. The second-order valence-corrected chi connectivity index (χ2v) is 5.36. The molecule has 1 N–H and O–H groups in total. The third-order valence-corrected chi connectivity index (χ3v) is 3.58. The van der Waals surface area contributed by atoms with Crippen LogP contribution in [-0.2, 0) is 13.2 Å². The molecule has 3 rings (SSSR count). The van der Waals surface area contributed by atoms with Crippen LogP contribution >= 0.6 is 0 Å². The maximum absolute atomic E-state index is 8.92. The van der Waals surface area contributed by atoms with Gasteiger partial charge in [-0.2, -0.15) is 5.26 Å². The first-order valence-electron chi connectivity index (χ1n) is 7.28. The number of hydrogen-bond acceptors (Lipinski definition) is 3. The van der Waals surface area contributed by atoms with E-state index in [0.29, 0.717) is 18.2 Å². The van der Waals surface area contributed by atoms with Crippen molar-refractivity contribution in [2.45, 2.75) is 32.0 Å². The second-order valence-electron chi connectivity index (χ2n) is 5.36. The van der Waals surface area contributed by atoms with Crippen LogP contribution in [0.5, 0.6) is 5.75 Å². The average molecular weight is 278 g/mol. The Morgan fingerprint density at radius 1 is 1.14 bits per heavy atom. The van der Waals surface area contributed by atoms with Crippen molar-refractivity contribution in [1.82, 2.24) is 5.32 Å². The Morgan fingerprint density at radius 2 is 2.00 bits per heavy atom. The minimum absolute atomic E-state index is 0.482. The molecule has 106 valence electrons. The maximum Gasteiger partial charge on any atom is 0.124 e. The van der Waals surface area contributed by atoms with Crippen molar-refractivity contribution in [2.24, 2.45) is 0 Å². The molecule has 1 aliphatic carbocycles. The van der Waals surface area contributed by atoms with Gasteiger partial charge in [-0.3, -0.25) is 0 Å². The van der Waals surface area contributed by atoms with Crippen LogP contribution in [-0.4, -0.2) is 6.04 Å². The molecule has 0 radical (unpaired) electrons. The van der Waals surface area contributed by atoms with Crippen LogP contribution in [0.1, 0.15) is 29.5 Å². The summed E-state index contributed by atoms with van der Waals surface area (Å²) in [5.41, 5.74) is 2.86. The molecule has 3 heteroatoms. The van der Waals surface area contributed by atoms with Gasteiger partial charge in [-0.25, -0.2) is 0 Å². The van der Waals surface area contributed by atoms with Gasteiger partial charge in [0.05, 0.1) is 11.6 Å². The molecule has 2 aromatic rings. The number of benzene rings is 2. The Kier molecular flexibility index (Phi) is 4.18. The van der Waals surface area contributed by atoms with Crippen LogP contribution in [0.25, 0.3) is 0 Å². The molecule has 0 spiro atoms.